The van der Waals surface area contributed by atoms with Crippen LogP contribution in [0.1, 0.15) is 5.56 Å². The number of guanidine groups is 1. The van der Waals surface area contributed by atoms with Gasteiger partial charge in [0.2, 0.25) is 5.96 Å². The molecule has 1 aromatic rings. The van der Waals surface area contributed by atoms with E-state index >= 15 is 0 Å². The number of nitrogens with two attached hydrogens (primary N) is 1. The van der Waals surface area contributed by atoms with E-state index in [-0.39, 0.29) is 5.96 Å². The van der Waals surface area contributed by atoms with Gasteiger partial charge in [0.05, 0.1) is 6.21 Å². The number of hydrogen-bond donors (Lipinski definition) is 3. The summed E-state index contributed by atoms with van der Waals surface area (Å²) in [7, 11) is 0. The van der Waals surface area contributed by atoms with Crippen LogP contribution in [0.2, 0.25) is 0 Å². The summed E-state index contributed by atoms with van der Waals surface area (Å²) in [5.74, 6) is -0.185. The molecule has 4 nitrogen and oxygen atoms in total. The molecule has 1 aromatic carbocycles. The Hall–Kier alpha value is -0.880. The van der Waals surface area contributed by atoms with Crippen LogP contribution in [-0.2, 0) is 0 Å². The maximum absolute atomic E-state index is 6.88. The van der Waals surface area contributed by atoms with Gasteiger partial charge in [0.25, 0.3) is 0 Å². The van der Waals surface area contributed by atoms with Crippen LogP contribution in [0.5, 0.6) is 0 Å². The van der Waals surface area contributed by atoms with Gasteiger partial charge in [0, 0.05) is 8.95 Å². The van der Waals surface area contributed by atoms with Crippen molar-refractivity contribution in [2.45, 2.75) is 0 Å². The largest absolute Gasteiger partial charge is 0.369 e. The molecule has 0 aliphatic carbocycles. The average Bonchev–Trinajstić information content (AvgIpc) is 2.01. The predicted octanol–water partition coefficient (Wildman–Crippen LogP) is 2.03. The van der Waals surface area contributed by atoms with Crippen molar-refractivity contribution in [3.05, 3.63) is 32.7 Å². The number of benzene rings is 1. The second-order valence-electron chi connectivity index (χ2n) is 2.49. The summed E-state index contributed by atoms with van der Waals surface area (Å²) in [6.07, 6.45) is 1.58. The molecule has 0 saturated heterocycles. The van der Waals surface area contributed by atoms with Crippen LogP contribution >= 0.6 is 31.9 Å². The molecule has 0 heterocycles. The van der Waals surface area contributed by atoms with E-state index in [1.807, 2.05) is 18.2 Å². The van der Waals surface area contributed by atoms with Gasteiger partial charge in [-0.15, -0.1) is 0 Å². The molecule has 0 fully saturated rings. The van der Waals surface area contributed by atoms with Crippen molar-refractivity contribution < 1.29 is 0 Å². The molecule has 4 N–H and O–H groups in total. The second-order valence-corrected chi connectivity index (χ2v) is 4.32. The second kappa shape index (κ2) is 5.11. The first kappa shape index (κ1) is 11.2. The van der Waals surface area contributed by atoms with Crippen molar-refractivity contribution in [1.82, 2.24) is 5.43 Å². The Kier molecular flexibility index (Phi) is 4.09. The molecule has 0 spiro atoms. The summed E-state index contributed by atoms with van der Waals surface area (Å²) in [6.45, 7) is 0. The van der Waals surface area contributed by atoms with Crippen molar-refractivity contribution in [1.29, 1.82) is 5.41 Å². The lowest BCUT2D eigenvalue weighted by molar-refractivity contribution is 1.00. The Morgan fingerprint density at radius 2 is 1.93 bits per heavy atom. The molecular weight excluding hydrogens is 312 g/mol. The van der Waals surface area contributed by atoms with E-state index in [2.05, 4.69) is 42.4 Å². The minimum Gasteiger partial charge on any atom is -0.369 e. The van der Waals surface area contributed by atoms with Crippen molar-refractivity contribution in [2.24, 2.45) is 10.8 Å². The Morgan fingerprint density at radius 1 is 1.36 bits per heavy atom. The summed E-state index contributed by atoms with van der Waals surface area (Å²) in [6, 6.07) is 5.72. The fraction of sp³-hybridized carbons (Fsp3) is 0. The first-order valence-corrected chi connectivity index (χ1v) is 5.26. The molecule has 0 atom stereocenters. The minimum atomic E-state index is -0.185. The molecule has 1 rings (SSSR count). The van der Waals surface area contributed by atoms with E-state index in [9.17, 15) is 0 Å². The first-order valence-electron chi connectivity index (χ1n) is 3.67. The molecule has 0 radical (unpaired) electrons. The van der Waals surface area contributed by atoms with Gasteiger partial charge >= 0.3 is 0 Å². The lowest BCUT2D eigenvalue weighted by Gasteiger charge is -1.97. The molecule has 74 valence electrons. The maximum atomic E-state index is 6.88. The minimum absolute atomic E-state index is 0.185. The number of hydrazone groups is 1. The van der Waals surface area contributed by atoms with Crippen LogP contribution in [0.15, 0.2) is 32.2 Å². The van der Waals surface area contributed by atoms with Gasteiger partial charge in [-0.2, -0.15) is 5.10 Å². The monoisotopic (exact) mass is 318 g/mol. The maximum Gasteiger partial charge on any atom is 0.206 e. The van der Waals surface area contributed by atoms with E-state index in [4.69, 9.17) is 11.1 Å². The highest BCUT2D eigenvalue weighted by Crippen LogP contribution is 2.18. The van der Waals surface area contributed by atoms with E-state index in [0.29, 0.717) is 0 Å². The standard InChI is InChI=1S/C8H8Br2N4/c9-6-1-5(2-7(10)3-6)4-13-14-8(11)12/h1-4H,(H4,11,12,14). The van der Waals surface area contributed by atoms with Crippen molar-refractivity contribution in [3.63, 3.8) is 0 Å². The van der Waals surface area contributed by atoms with Crippen LogP contribution < -0.4 is 11.2 Å². The molecule has 0 aliphatic rings. The van der Waals surface area contributed by atoms with Gasteiger partial charge in [-0.3, -0.25) is 5.41 Å². The van der Waals surface area contributed by atoms with Crippen LogP contribution in [0.3, 0.4) is 0 Å². The van der Waals surface area contributed by atoms with E-state index < -0.39 is 0 Å². The molecule has 0 aliphatic heterocycles. The third-order valence-electron chi connectivity index (χ3n) is 1.28. The Morgan fingerprint density at radius 3 is 2.43 bits per heavy atom. The highest BCUT2D eigenvalue weighted by atomic mass is 79.9. The van der Waals surface area contributed by atoms with Crippen molar-refractivity contribution in [3.8, 4) is 0 Å². The third kappa shape index (κ3) is 3.89. The number of hydrogen-bond acceptors (Lipinski definition) is 2. The van der Waals surface area contributed by atoms with Crippen LogP contribution in [0, 0.1) is 5.41 Å². The van der Waals surface area contributed by atoms with Crippen LogP contribution in [-0.4, -0.2) is 12.2 Å². The zero-order valence-electron chi connectivity index (χ0n) is 7.09. The molecule has 0 unspecified atom stereocenters. The van der Waals surface area contributed by atoms with Gasteiger partial charge in [-0.25, -0.2) is 5.43 Å². The van der Waals surface area contributed by atoms with Gasteiger partial charge in [-0.1, -0.05) is 31.9 Å². The van der Waals surface area contributed by atoms with E-state index in [1.165, 1.54) is 0 Å². The number of halogens is 2. The number of nitrogens with one attached hydrogen (secondary N) is 2. The molecule has 0 aromatic heterocycles. The normalized spacial score (nSPS) is 10.4. The first-order chi connectivity index (χ1) is 6.58. The Bertz CT molecular complexity index is 355. The lowest BCUT2D eigenvalue weighted by Crippen LogP contribution is -2.25. The van der Waals surface area contributed by atoms with Gasteiger partial charge in [0.1, 0.15) is 0 Å². The average molecular weight is 320 g/mol. The number of rotatable bonds is 2. The van der Waals surface area contributed by atoms with Crippen LogP contribution in [0.4, 0.5) is 0 Å². The molecule has 6 heteroatoms. The zero-order chi connectivity index (χ0) is 10.6. The summed E-state index contributed by atoms with van der Waals surface area (Å²) in [4.78, 5) is 0. The topological polar surface area (TPSA) is 74.3 Å². The molecule has 0 amide bonds. The van der Waals surface area contributed by atoms with Crippen molar-refractivity contribution in [2.75, 3.05) is 0 Å². The van der Waals surface area contributed by atoms with Gasteiger partial charge in [0.15, 0.2) is 0 Å². The highest BCUT2D eigenvalue weighted by molar-refractivity contribution is 9.11. The van der Waals surface area contributed by atoms with E-state index in [1.54, 1.807) is 6.21 Å². The highest BCUT2D eigenvalue weighted by Gasteiger charge is 1.94. The Labute approximate surface area is 98.3 Å². The SMILES string of the molecule is N=C(N)NN=Cc1cc(Br)cc(Br)c1. The summed E-state index contributed by atoms with van der Waals surface area (Å²) in [5, 5.41) is 10.6. The molecular formula is C8H8Br2N4. The van der Waals surface area contributed by atoms with Crippen LogP contribution in [0.25, 0.3) is 0 Å². The van der Waals surface area contributed by atoms with Crippen molar-refractivity contribution >= 4 is 44.0 Å². The summed E-state index contributed by atoms with van der Waals surface area (Å²) >= 11 is 6.71. The lowest BCUT2D eigenvalue weighted by atomic mass is 10.2. The van der Waals surface area contributed by atoms with Gasteiger partial charge < -0.3 is 5.73 Å². The molecule has 14 heavy (non-hydrogen) atoms. The fourth-order valence-electron chi connectivity index (χ4n) is 0.826. The summed E-state index contributed by atoms with van der Waals surface area (Å²) < 4.78 is 1.91. The molecule has 0 saturated carbocycles. The van der Waals surface area contributed by atoms with E-state index in [0.717, 1.165) is 14.5 Å². The fourth-order valence-corrected chi connectivity index (χ4v) is 2.16. The quantitative estimate of drug-likeness (QED) is 0.443. The predicted molar refractivity (Wildman–Crippen MR) is 64.5 cm³/mol. The summed E-state index contributed by atoms with van der Waals surface area (Å²) in [5.41, 5.74) is 8.29. The third-order valence-corrected chi connectivity index (χ3v) is 2.20. The number of nitrogens with zero attached hydrogens (tertiary/aromatic N) is 1. The Balaban J connectivity index is 2.76. The molecule has 0 bridgehead atoms. The zero-order valence-corrected chi connectivity index (χ0v) is 10.3. The van der Waals surface area contributed by atoms with Gasteiger partial charge in [-0.05, 0) is 23.8 Å². The smallest absolute Gasteiger partial charge is 0.206 e.